The summed E-state index contributed by atoms with van der Waals surface area (Å²) < 4.78 is 5.88. The Morgan fingerprint density at radius 3 is 2.48 bits per heavy atom. The topological polar surface area (TPSA) is 38.3 Å². The van der Waals surface area contributed by atoms with Crippen LogP contribution in [0.4, 0.5) is 5.69 Å². The second-order valence-electron chi connectivity index (χ2n) is 6.20. The average Bonchev–Trinajstić information content (AvgIpc) is 3.11. The van der Waals surface area contributed by atoms with E-state index in [9.17, 15) is 4.79 Å². The fourth-order valence-corrected chi connectivity index (χ4v) is 3.21. The number of carbonyl (C=O) groups is 1. The number of hydrogen-bond donors (Lipinski definition) is 1. The number of ether oxygens (including phenoxy) is 1. The van der Waals surface area contributed by atoms with Gasteiger partial charge in [0.25, 0.3) is 5.91 Å². The van der Waals surface area contributed by atoms with Crippen LogP contribution in [-0.2, 0) is 12.8 Å². The van der Waals surface area contributed by atoms with Gasteiger partial charge in [-0.3, -0.25) is 4.79 Å². The molecule has 0 fully saturated rings. The van der Waals surface area contributed by atoms with Crippen LogP contribution < -0.4 is 10.1 Å². The van der Waals surface area contributed by atoms with Gasteiger partial charge in [-0.05, 0) is 66.8 Å². The highest BCUT2D eigenvalue weighted by atomic mass is 16.5. The number of carbonyl (C=O) groups excluding carboxylic acids is 1. The molecule has 3 nitrogen and oxygen atoms in total. The summed E-state index contributed by atoms with van der Waals surface area (Å²) in [7, 11) is 0. The van der Waals surface area contributed by atoms with Crippen LogP contribution in [-0.4, -0.2) is 5.91 Å². The summed E-state index contributed by atoms with van der Waals surface area (Å²) in [5.41, 5.74) is 4.09. The molecule has 1 aliphatic carbocycles. The Hall–Kier alpha value is -3.07. The molecule has 0 unspecified atom stereocenters. The van der Waals surface area contributed by atoms with Crippen LogP contribution in [0.1, 0.15) is 27.9 Å². The molecule has 0 saturated carbocycles. The number of benzene rings is 3. The van der Waals surface area contributed by atoms with Crippen LogP contribution in [0.2, 0.25) is 0 Å². The predicted molar refractivity (Wildman–Crippen MR) is 99.4 cm³/mol. The van der Waals surface area contributed by atoms with E-state index in [-0.39, 0.29) is 5.91 Å². The Kier molecular flexibility index (Phi) is 4.21. The second-order valence-corrected chi connectivity index (χ2v) is 6.20. The van der Waals surface area contributed by atoms with Gasteiger partial charge in [0.1, 0.15) is 11.5 Å². The molecule has 0 aromatic heterocycles. The van der Waals surface area contributed by atoms with Crippen LogP contribution >= 0.6 is 0 Å². The van der Waals surface area contributed by atoms with Crippen LogP contribution in [0.25, 0.3) is 0 Å². The number of aryl methyl sites for hydroxylation is 2. The number of anilines is 1. The Bertz CT molecular complexity index is 903. The predicted octanol–water partition coefficient (Wildman–Crippen LogP) is 5.22. The van der Waals surface area contributed by atoms with Gasteiger partial charge in [0.2, 0.25) is 0 Å². The standard InChI is InChI=1S/C22H19NO2/c24-22(23-18-14-13-16-7-6-8-17(16)15-18)20-11-4-5-12-21(20)25-19-9-2-1-3-10-19/h1-5,9-15H,6-8H2,(H,23,24). The number of amides is 1. The molecule has 0 spiro atoms. The van der Waals surface area contributed by atoms with Crippen LogP contribution in [0, 0.1) is 0 Å². The molecule has 0 atom stereocenters. The maximum Gasteiger partial charge on any atom is 0.259 e. The van der Waals surface area contributed by atoms with E-state index in [1.807, 2.05) is 54.6 Å². The van der Waals surface area contributed by atoms with Gasteiger partial charge in [-0.2, -0.15) is 0 Å². The summed E-state index contributed by atoms with van der Waals surface area (Å²) in [4.78, 5) is 12.7. The van der Waals surface area contributed by atoms with E-state index in [2.05, 4.69) is 17.4 Å². The van der Waals surface area contributed by atoms with Gasteiger partial charge in [0.15, 0.2) is 0 Å². The zero-order valence-corrected chi connectivity index (χ0v) is 13.9. The summed E-state index contributed by atoms with van der Waals surface area (Å²) in [5, 5.41) is 3.00. The van der Waals surface area contributed by atoms with Crippen molar-refractivity contribution >= 4 is 11.6 Å². The summed E-state index contributed by atoms with van der Waals surface area (Å²) in [5.74, 6) is 1.09. The minimum absolute atomic E-state index is 0.163. The largest absolute Gasteiger partial charge is 0.457 e. The Balaban J connectivity index is 1.56. The maximum absolute atomic E-state index is 12.7. The molecule has 0 saturated heterocycles. The third-order valence-electron chi connectivity index (χ3n) is 4.46. The third-order valence-corrected chi connectivity index (χ3v) is 4.46. The second kappa shape index (κ2) is 6.81. The zero-order chi connectivity index (χ0) is 17.1. The maximum atomic E-state index is 12.7. The third kappa shape index (κ3) is 3.41. The molecular formula is C22H19NO2. The van der Waals surface area contributed by atoms with Crippen molar-refractivity contribution in [3.63, 3.8) is 0 Å². The molecule has 25 heavy (non-hydrogen) atoms. The van der Waals surface area contributed by atoms with Crippen molar-refractivity contribution in [2.45, 2.75) is 19.3 Å². The van der Waals surface area contributed by atoms with Crippen molar-refractivity contribution in [1.29, 1.82) is 0 Å². The van der Waals surface area contributed by atoms with E-state index in [1.54, 1.807) is 6.07 Å². The van der Waals surface area contributed by atoms with Gasteiger partial charge in [-0.15, -0.1) is 0 Å². The minimum atomic E-state index is -0.163. The molecule has 124 valence electrons. The fourth-order valence-electron chi connectivity index (χ4n) is 3.21. The molecule has 4 rings (SSSR count). The lowest BCUT2D eigenvalue weighted by molar-refractivity contribution is 0.102. The lowest BCUT2D eigenvalue weighted by Crippen LogP contribution is -2.13. The molecular weight excluding hydrogens is 310 g/mol. The van der Waals surface area contributed by atoms with E-state index < -0.39 is 0 Å². The molecule has 0 bridgehead atoms. The van der Waals surface area contributed by atoms with Crippen molar-refractivity contribution in [3.8, 4) is 11.5 Å². The van der Waals surface area contributed by atoms with E-state index >= 15 is 0 Å². The molecule has 0 radical (unpaired) electrons. The molecule has 3 heteroatoms. The molecule has 1 N–H and O–H groups in total. The number of rotatable bonds is 4. The van der Waals surface area contributed by atoms with Crippen molar-refractivity contribution in [3.05, 3.63) is 89.5 Å². The number of hydrogen-bond acceptors (Lipinski definition) is 2. The van der Waals surface area contributed by atoms with Gasteiger partial charge in [-0.25, -0.2) is 0 Å². The van der Waals surface area contributed by atoms with Crippen LogP contribution in [0.15, 0.2) is 72.8 Å². The Labute approximate surface area is 147 Å². The molecule has 3 aromatic rings. The fraction of sp³-hybridized carbons (Fsp3) is 0.136. The summed E-state index contributed by atoms with van der Waals surface area (Å²) in [6.07, 6.45) is 3.42. The molecule has 1 aliphatic rings. The summed E-state index contributed by atoms with van der Waals surface area (Å²) in [6.45, 7) is 0. The van der Waals surface area contributed by atoms with Gasteiger partial charge in [-0.1, -0.05) is 36.4 Å². The van der Waals surface area contributed by atoms with E-state index in [0.717, 1.165) is 18.5 Å². The number of fused-ring (bicyclic) bond motifs is 1. The van der Waals surface area contributed by atoms with Crippen molar-refractivity contribution in [1.82, 2.24) is 0 Å². The first kappa shape index (κ1) is 15.5. The highest BCUT2D eigenvalue weighted by molar-refractivity contribution is 6.06. The lowest BCUT2D eigenvalue weighted by atomic mass is 10.1. The quantitative estimate of drug-likeness (QED) is 0.712. The number of para-hydroxylation sites is 2. The van der Waals surface area contributed by atoms with Gasteiger partial charge in [0, 0.05) is 5.69 Å². The summed E-state index contributed by atoms with van der Waals surface area (Å²) >= 11 is 0. The van der Waals surface area contributed by atoms with Crippen molar-refractivity contribution in [2.24, 2.45) is 0 Å². The highest BCUT2D eigenvalue weighted by Gasteiger charge is 2.15. The number of nitrogens with one attached hydrogen (secondary N) is 1. The van der Waals surface area contributed by atoms with Gasteiger partial charge in [0.05, 0.1) is 5.56 Å². The smallest absolute Gasteiger partial charge is 0.259 e. The Morgan fingerprint density at radius 2 is 1.60 bits per heavy atom. The first-order chi connectivity index (χ1) is 12.3. The first-order valence-corrected chi connectivity index (χ1v) is 8.55. The van der Waals surface area contributed by atoms with E-state index in [0.29, 0.717) is 17.1 Å². The van der Waals surface area contributed by atoms with E-state index in [4.69, 9.17) is 4.74 Å². The first-order valence-electron chi connectivity index (χ1n) is 8.55. The van der Waals surface area contributed by atoms with Gasteiger partial charge < -0.3 is 10.1 Å². The molecule has 0 aliphatic heterocycles. The van der Waals surface area contributed by atoms with Crippen molar-refractivity contribution < 1.29 is 9.53 Å². The monoisotopic (exact) mass is 329 g/mol. The molecule has 3 aromatic carbocycles. The zero-order valence-electron chi connectivity index (χ0n) is 13.9. The molecule has 0 heterocycles. The highest BCUT2D eigenvalue weighted by Crippen LogP contribution is 2.28. The average molecular weight is 329 g/mol. The van der Waals surface area contributed by atoms with Crippen molar-refractivity contribution in [2.75, 3.05) is 5.32 Å². The van der Waals surface area contributed by atoms with E-state index in [1.165, 1.54) is 17.5 Å². The van der Waals surface area contributed by atoms with Crippen LogP contribution in [0.3, 0.4) is 0 Å². The normalized spacial score (nSPS) is 12.5. The SMILES string of the molecule is O=C(Nc1ccc2c(c1)CCC2)c1ccccc1Oc1ccccc1. The van der Waals surface area contributed by atoms with Crippen LogP contribution in [0.5, 0.6) is 11.5 Å². The van der Waals surface area contributed by atoms with Gasteiger partial charge >= 0.3 is 0 Å². The Morgan fingerprint density at radius 1 is 0.840 bits per heavy atom. The molecule has 1 amide bonds. The summed E-state index contributed by atoms with van der Waals surface area (Å²) in [6, 6.07) is 23.0. The minimum Gasteiger partial charge on any atom is -0.457 e. The lowest BCUT2D eigenvalue weighted by Gasteiger charge is -2.12.